The van der Waals surface area contributed by atoms with Crippen LogP contribution in [0.3, 0.4) is 0 Å². The zero-order valence-electron chi connectivity index (χ0n) is 11.1. The van der Waals surface area contributed by atoms with Gasteiger partial charge in [-0.2, -0.15) is 0 Å². The highest BCUT2D eigenvalue weighted by Gasteiger charge is 2.31. The summed E-state index contributed by atoms with van der Waals surface area (Å²) in [4.78, 5) is 13.4. The number of carbonyl (C=O) groups is 1. The Labute approximate surface area is 126 Å². The molecule has 1 heterocycles. The third-order valence-corrected chi connectivity index (χ3v) is 3.16. The molecule has 1 aliphatic rings. The largest absolute Gasteiger partial charge is 0.573 e. The number of alkyl halides is 3. The topological polar surface area (TPSA) is 55.6 Å². The molecule has 0 aromatic heterocycles. The van der Waals surface area contributed by atoms with Gasteiger partial charge in [0.25, 0.3) is 0 Å². The van der Waals surface area contributed by atoms with Gasteiger partial charge in [0.1, 0.15) is 5.75 Å². The minimum atomic E-state index is -4.69. The first-order chi connectivity index (χ1) is 9.37. The van der Waals surface area contributed by atoms with E-state index in [1.54, 1.807) is 4.90 Å². The first kappa shape index (κ1) is 17.6. The van der Waals surface area contributed by atoms with Crippen molar-refractivity contribution < 1.29 is 22.7 Å². The third kappa shape index (κ3) is 5.09. The van der Waals surface area contributed by atoms with Crippen molar-refractivity contribution in [1.29, 1.82) is 0 Å². The van der Waals surface area contributed by atoms with Crippen LogP contribution in [-0.4, -0.2) is 30.3 Å². The maximum Gasteiger partial charge on any atom is 0.573 e. The van der Waals surface area contributed by atoms with E-state index in [1.165, 1.54) is 24.3 Å². The molecule has 1 amide bonds. The lowest BCUT2D eigenvalue weighted by molar-refractivity contribution is -0.274. The summed E-state index contributed by atoms with van der Waals surface area (Å²) in [6, 6.07) is 5.52. The number of ether oxygens (including phenoxy) is 1. The number of rotatable bonds is 4. The average molecular weight is 325 g/mol. The molecule has 2 rings (SSSR count). The summed E-state index contributed by atoms with van der Waals surface area (Å²) in [5.41, 5.74) is 6.28. The van der Waals surface area contributed by atoms with Crippen LogP contribution in [0.4, 0.5) is 13.2 Å². The Morgan fingerprint density at radius 1 is 1.29 bits per heavy atom. The summed E-state index contributed by atoms with van der Waals surface area (Å²) in [6.07, 6.45) is -4.26. The molecule has 21 heavy (non-hydrogen) atoms. The molecule has 1 aromatic carbocycles. The molecule has 0 bridgehead atoms. The Bertz CT molecular complexity index is 479. The summed E-state index contributed by atoms with van der Waals surface area (Å²) in [5, 5.41) is 0. The molecule has 1 aliphatic heterocycles. The summed E-state index contributed by atoms with van der Waals surface area (Å²) in [5.74, 6) is -0.0831. The van der Waals surface area contributed by atoms with Gasteiger partial charge < -0.3 is 15.4 Å². The van der Waals surface area contributed by atoms with Gasteiger partial charge in [0, 0.05) is 19.5 Å². The van der Waals surface area contributed by atoms with Gasteiger partial charge in [0.15, 0.2) is 0 Å². The predicted molar refractivity (Wildman–Crippen MR) is 73.0 cm³/mol. The highest BCUT2D eigenvalue weighted by atomic mass is 35.5. The fraction of sp³-hybridized carbons (Fsp3) is 0.462. The minimum Gasteiger partial charge on any atom is -0.406 e. The van der Waals surface area contributed by atoms with Crippen molar-refractivity contribution in [3.63, 3.8) is 0 Å². The van der Waals surface area contributed by atoms with E-state index in [1.807, 2.05) is 0 Å². The Morgan fingerprint density at radius 2 is 1.90 bits per heavy atom. The van der Waals surface area contributed by atoms with Gasteiger partial charge in [0.05, 0.1) is 0 Å². The number of nitrogens with zero attached hydrogens (tertiary/aromatic N) is 1. The van der Waals surface area contributed by atoms with Gasteiger partial charge in [-0.3, -0.25) is 4.79 Å². The van der Waals surface area contributed by atoms with Crippen molar-refractivity contribution in [2.45, 2.75) is 19.3 Å². The standard InChI is InChI=1S/C13H15F3N2O2.ClH/c14-13(15,16)20-11-3-1-9(2-4-11)7-18-8-10(6-17)5-12(18)19;/h1-4,10H,5-8,17H2;1H. The molecule has 0 radical (unpaired) electrons. The van der Waals surface area contributed by atoms with Crippen LogP contribution in [0.2, 0.25) is 0 Å². The molecule has 4 nitrogen and oxygen atoms in total. The van der Waals surface area contributed by atoms with E-state index < -0.39 is 6.36 Å². The second-order valence-electron chi connectivity index (χ2n) is 4.77. The number of benzene rings is 1. The molecule has 8 heteroatoms. The van der Waals surface area contributed by atoms with Crippen molar-refractivity contribution in [2.75, 3.05) is 13.1 Å². The SMILES string of the molecule is Cl.NCC1CC(=O)N(Cc2ccc(OC(F)(F)F)cc2)C1. The number of hydrogen-bond acceptors (Lipinski definition) is 3. The Kier molecular flexibility index (Phi) is 5.86. The molecule has 0 aliphatic carbocycles. The van der Waals surface area contributed by atoms with E-state index in [-0.39, 0.29) is 30.0 Å². The summed E-state index contributed by atoms with van der Waals surface area (Å²) >= 11 is 0. The smallest absolute Gasteiger partial charge is 0.406 e. The van der Waals surface area contributed by atoms with Crippen LogP contribution in [0, 0.1) is 5.92 Å². The van der Waals surface area contributed by atoms with Crippen LogP contribution in [0.1, 0.15) is 12.0 Å². The van der Waals surface area contributed by atoms with Gasteiger partial charge in [-0.1, -0.05) is 12.1 Å². The zero-order valence-corrected chi connectivity index (χ0v) is 11.9. The molecule has 1 unspecified atom stereocenters. The van der Waals surface area contributed by atoms with Crippen molar-refractivity contribution in [3.8, 4) is 5.75 Å². The maximum atomic E-state index is 12.0. The normalized spacial score (nSPS) is 18.6. The van der Waals surface area contributed by atoms with Crippen LogP contribution >= 0.6 is 12.4 Å². The number of halogens is 4. The van der Waals surface area contributed by atoms with Gasteiger partial charge in [-0.05, 0) is 30.2 Å². The Hall–Kier alpha value is -1.47. The summed E-state index contributed by atoms with van der Waals surface area (Å²) in [7, 11) is 0. The van der Waals surface area contributed by atoms with E-state index in [0.717, 1.165) is 5.56 Å². The lowest BCUT2D eigenvalue weighted by atomic mass is 10.1. The van der Waals surface area contributed by atoms with Crippen molar-refractivity contribution in [1.82, 2.24) is 4.90 Å². The molecule has 1 aromatic rings. The van der Waals surface area contributed by atoms with Crippen LogP contribution in [0.5, 0.6) is 5.75 Å². The second kappa shape index (κ2) is 7.00. The van der Waals surface area contributed by atoms with Gasteiger partial charge in [-0.15, -0.1) is 25.6 Å². The Balaban J connectivity index is 0.00000220. The third-order valence-electron chi connectivity index (χ3n) is 3.16. The summed E-state index contributed by atoms with van der Waals surface area (Å²) < 4.78 is 39.8. The van der Waals surface area contributed by atoms with Crippen LogP contribution in [0.25, 0.3) is 0 Å². The van der Waals surface area contributed by atoms with Gasteiger partial charge >= 0.3 is 6.36 Å². The number of amides is 1. The molecular formula is C13H16ClF3N2O2. The highest BCUT2D eigenvalue weighted by molar-refractivity contribution is 5.85. The molecular weight excluding hydrogens is 309 g/mol. The maximum absolute atomic E-state index is 12.0. The average Bonchev–Trinajstić information content (AvgIpc) is 2.71. The number of likely N-dealkylation sites (tertiary alicyclic amines) is 1. The fourth-order valence-electron chi connectivity index (χ4n) is 2.18. The van der Waals surface area contributed by atoms with Gasteiger partial charge in [0.2, 0.25) is 5.91 Å². The number of hydrogen-bond donors (Lipinski definition) is 1. The first-order valence-electron chi connectivity index (χ1n) is 6.20. The quantitative estimate of drug-likeness (QED) is 0.924. The molecule has 0 saturated carbocycles. The monoisotopic (exact) mass is 324 g/mol. The molecule has 1 atom stereocenters. The van der Waals surface area contributed by atoms with Crippen molar-refractivity contribution in [2.24, 2.45) is 11.7 Å². The van der Waals surface area contributed by atoms with Crippen molar-refractivity contribution >= 4 is 18.3 Å². The minimum absolute atomic E-state index is 0. The Morgan fingerprint density at radius 3 is 2.38 bits per heavy atom. The molecule has 2 N–H and O–H groups in total. The number of nitrogens with two attached hydrogens (primary N) is 1. The van der Waals surface area contributed by atoms with Crippen LogP contribution in [-0.2, 0) is 11.3 Å². The lowest BCUT2D eigenvalue weighted by Gasteiger charge is -2.17. The molecule has 0 spiro atoms. The number of carbonyl (C=O) groups excluding carboxylic acids is 1. The predicted octanol–water partition coefficient (Wildman–Crippen LogP) is 2.31. The van der Waals surface area contributed by atoms with Crippen LogP contribution in [0.15, 0.2) is 24.3 Å². The molecule has 118 valence electrons. The molecule has 1 fully saturated rings. The second-order valence-corrected chi connectivity index (χ2v) is 4.77. The van der Waals surface area contributed by atoms with E-state index >= 15 is 0 Å². The van der Waals surface area contributed by atoms with Crippen LogP contribution < -0.4 is 10.5 Å². The van der Waals surface area contributed by atoms with Crippen molar-refractivity contribution in [3.05, 3.63) is 29.8 Å². The van der Waals surface area contributed by atoms with Gasteiger partial charge in [-0.25, -0.2) is 0 Å². The zero-order chi connectivity index (χ0) is 14.8. The highest BCUT2D eigenvalue weighted by Crippen LogP contribution is 2.24. The van der Waals surface area contributed by atoms with E-state index in [4.69, 9.17) is 5.73 Å². The lowest BCUT2D eigenvalue weighted by Crippen LogP contribution is -2.25. The van der Waals surface area contributed by atoms with E-state index in [0.29, 0.717) is 26.1 Å². The fourth-order valence-corrected chi connectivity index (χ4v) is 2.18. The van der Waals surface area contributed by atoms with E-state index in [2.05, 4.69) is 4.74 Å². The van der Waals surface area contributed by atoms with E-state index in [9.17, 15) is 18.0 Å². The summed E-state index contributed by atoms with van der Waals surface area (Å²) in [6.45, 7) is 1.43. The molecule has 1 saturated heterocycles. The first-order valence-corrected chi connectivity index (χ1v) is 6.20.